The second kappa shape index (κ2) is 5.80. The SMILES string of the molecule is CNC(Cn1cccnc1=O)c1cc(C)ccc1C. The van der Waals surface area contributed by atoms with E-state index in [0.29, 0.717) is 6.54 Å². The topological polar surface area (TPSA) is 46.9 Å². The van der Waals surface area contributed by atoms with Gasteiger partial charge in [-0.3, -0.25) is 4.57 Å². The number of aryl methyl sites for hydroxylation is 2. The summed E-state index contributed by atoms with van der Waals surface area (Å²) in [5, 5.41) is 3.27. The van der Waals surface area contributed by atoms with Gasteiger partial charge in [0.2, 0.25) is 0 Å². The highest BCUT2D eigenvalue weighted by Gasteiger charge is 2.13. The molecular formula is C15H19N3O. The van der Waals surface area contributed by atoms with Gasteiger partial charge in [0.15, 0.2) is 0 Å². The molecule has 1 N–H and O–H groups in total. The van der Waals surface area contributed by atoms with Crippen molar-refractivity contribution in [1.82, 2.24) is 14.9 Å². The van der Waals surface area contributed by atoms with E-state index in [9.17, 15) is 4.79 Å². The molecule has 19 heavy (non-hydrogen) atoms. The molecule has 0 amide bonds. The van der Waals surface area contributed by atoms with Gasteiger partial charge in [-0.25, -0.2) is 9.78 Å². The molecule has 0 fully saturated rings. The first-order chi connectivity index (χ1) is 9.11. The van der Waals surface area contributed by atoms with Gasteiger partial charge in [0.1, 0.15) is 0 Å². The van der Waals surface area contributed by atoms with Crippen LogP contribution < -0.4 is 11.0 Å². The fourth-order valence-electron chi connectivity index (χ4n) is 2.20. The molecule has 1 aromatic heterocycles. The molecule has 4 heteroatoms. The highest BCUT2D eigenvalue weighted by Crippen LogP contribution is 2.20. The summed E-state index contributed by atoms with van der Waals surface area (Å²) in [5.41, 5.74) is 3.45. The van der Waals surface area contributed by atoms with Crippen LogP contribution in [0.2, 0.25) is 0 Å². The van der Waals surface area contributed by atoms with Crippen molar-refractivity contribution < 1.29 is 0 Å². The number of rotatable bonds is 4. The molecule has 2 rings (SSSR count). The molecule has 0 aliphatic carbocycles. The highest BCUT2D eigenvalue weighted by molar-refractivity contribution is 5.33. The normalized spacial score (nSPS) is 12.4. The number of benzene rings is 1. The lowest BCUT2D eigenvalue weighted by atomic mass is 9.99. The monoisotopic (exact) mass is 257 g/mol. The number of hydrogen-bond donors (Lipinski definition) is 1. The maximum atomic E-state index is 11.7. The first kappa shape index (κ1) is 13.5. The van der Waals surface area contributed by atoms with Crippen molar-refractivity contribution in [2.45, 2.75) is 26.4 Å². The second-order valence-electron chi connectivity index (χ2n) is 4.76. The van der Waals surface area contributed by atoms with Crippen LogP contribution in [0.1, 0.15) is 22.7 Å². The predicted molar refractivity (Wildman–Crippen MR) is 76.2 cm³/mol. The maximum Gasteiger partial charge on any atom is 0.347 e. The molecule has 0 saturated heterocycles. The van der Waals surface area contributed by atoms with Gasteiger partial charge < -0.3 is 5.32 Å². The standard InChI is InChI=1S/C15H19N3O/c1-11-5-6-12(2)13(9-11)14(16-3)10-18-8-4-7-17-15(18)19/h4-9,14,16H,10H2,1-3H3. The number of nitrogens with one attached hydrogen (secondary N) is 1. The highest BCUT2D eigenvalue weighted by atomic mass is 16.1. The Kier molecular flexibility index (Phi) is 4.12. The zero-order valence-corrected chi connectivity index (χ0v) is 11.6. The van der Waals surface area contributed by atoms with Gasteiger partial charge in [-0.05, 0) is 38.1 Å². The smallest absolute Gasteiger partial charge is 0.312 e. The average molecular weight is 257 g/mol. The molecule has 2 aromatic rings. The largest absolute Gasteiger partial charge is 0.347 e. The van der Waals surface area contributed by atoms with E-state index in [2.05, 4.69) is 42.3 Å². The Morgan fingerprint density at radius 2 is 2.16 bits per heavy atom. The summed E-state index contributed by atoms with van der Waals surface area (Å²) >= 11 is 0. The van der Waals surface area contributed by atoms with E-state index >= 15 is 0 Å². The van der Waals surface area contributed by atoms with Crippen LogP contribution in [-0.4, -0.2) is 16.6 Å². The van der Waals surface area contributed by atoms with Gasteiger partial charge in [-0.1, -0.05) is 23.8 Å². The molecule has 100 valence electrons. The summed E-state index contributed by atoms with van der Waals surface area (Å²) in [7, 11) is 1.91. The molecule has 0 aliphatic rings. The van der Waals surface area contributed by atoms with Gasteiger partial charge in [-0.2, -0.15) is 0 Å². The summed E-state index contributed by atoms with van der Waals surface area (Å²) in [6.45, 7) is 4.74. The van der Waals surface area contributed by atoms with Crippen LogP contribution >= 0.6 is 0 Å². The van der Waals surface area contributed by atoms with Crippen LogP contribution in [0.4, 0.5) is 0 Å². The van der Waals surface area contributed by atoms with Crippen molar-refractivity contribution in [3.63, 3.8) is 0 Å². The first-order valence-electron chi connectivity index (χ1n) is 6.37. The third-order valence-electron chi connectivity index (χ3n) is 3.32. The predicted octanol–water partition coefficient (Wildman–Crippen LogP) is 1.82. The van der Waals surface area contributed by atoms with E-state index in [4.69, 9.17) is 0 Å². The number of likely N-dealkylation sites (N-methyl/N-ethyl adjacent to an activating group) is 1. The quantitative estimate of drug-likeness (QED) is 0.909. The maximum absolute atomic E-state index is 11.7. The second-order valence-corrected chi connectivity index (χ2v) is 4.76. The minimum atomic E-state index is -0.215. The van der Waals surface area contributed by atoms with Gasteiger partial charge in [-0.15, -0.1) is 0 Å². The Morgan fingerprint density at radius 3 is 2.84 bits per heavy atom. The zero-order valence-electron chi connectivity index (χ0n) is 11.6. The lowest BCUT2D eigenvalue weighted by Crippen LogP contribution is -2.29. The average Bonchev–Trinajstić information content (AvgIpc) is 2.41. The number of hydrogen-bond acceptors (Lipinski definition) is 3. The van der Waals surface area contributed by atoms with E-state index in [0.717, 1.165) is 0 Å². The van der Waals surface area contributed by atoms with Crippen LogP contribution in [0.15, 0.2) is 41.5 Å². The van der Waals surface area contributed by atoms with Crippen molar-refractivity contribution in [2.24, 2.45) is 0 Å². The van der Waals surface area contributed by atoms with Crippen molar-refractivity contribution in [3.8, 4) is 0 Å². The van der Waals surface area contributed by atoms with Crippen molar-refractivity contribution in [3.05, 3.63) is 63.8 Å². The Bertz CT molecular complexity index is 619. The molecule has 0 saturated carbocycles. The fourth-order valence-corrected chi connectivity index (χ4v) is 2.20. The summed E-state index contributed by atoms with van der Waals surface area (Å²) in [4.78, 5) is 15.5. The van der Waals surface area contributed by atoms with Crippen molar-refractivity contribution in [1.29, 1.82) is 0 Å². The van der Waals surface area contributed by atoms with Gasteiger partial charge >= 0.3 is 5.69 Å². The van der Waals surface area contributed by atoms with Crippen molar-refractivity contribution in [2.75, 3.05) is 7.05 Å². The van der Waals surface area contributed by atoms with Crippen LogP contribution in [-0.2, 0) is 6.54 Å². The third-order valence-corrected chi connectivity index (χ3v) is 3.32. The molecule has 0 aliphatic heterocycles. The molecule has 1 unspecified atom stereocenters. The molecule has 1 atom stereocenters. The van der Waals surface area contributed by atoms with E-state index in [-0.39, 0.29) is 11.7 Å². The first-order valence-corrected chi connectivity index (χ1v) is 6.37. The zero-order chi connectivity index (χ0) is 13.8. The summed E-state index contributed by atoms with van der Waals surface area (Å²) in [6.07, 6.45) is 3.29. The van der Waals surface area contributed by atoms with Crippen LogP contribution in [0, 0.1) is 13.8 Å². The Labute approximate surface area is 113 Å². The molecule has 0 spiro atoms. The molecule has 1 aromatic carbocycles. The van der Waals surface area contributed by atoms with Gasteiger partial charge in [0.25, 0.3) is 0 Å². The van der Waals surface area contributed by atoms with Crippen molar-refractivity contribution >= 4 is 0 Å². The Hall–Kier alpha value is -1.94. The summed E-state index contributed by atoms with van der Waals surface area (Å²) in [5.74, 6) is 0. The van der Waals surface area contributed by atoms with Crippen LogP contribution in [0.3, 0.4) is 0 Å². The van der Waals surface area contributed by atoms with Gasteiger partial charge in [0.05, 0.1) is 6.04 Å². The van der Waals surface area contributed by atoms with E-state index < -0.39 is 0 Å². The number of nitrogens with zero attached hydrogens (tertiary/aromatic N) is 2. The fraction of sp³-hybridized carbons (Fsp3) is 0.333. The summed E-state index contributed by atoms with van der Waals surface area (Å²) < 4.78 is 1.63. The summed E-state index contributed by atoms with van der Waals surface area (Å²) in [6, 6.07) is 8.25. The molecular weight excluding hydrogens is 238 g/mol. The Morgan fingerprint density at radius 1 is 1.37 bits per heavy atom. The number of aromatic nitrogens is 2. The lowest BCUT2D eigenvalue weighted by molar-refractivity contribution is 0.483. The lowest BCUT2D eigenvalue weighted by Gasteiger charge is -2.20. The van der Waals surface area contributed by atoms with E-state index in [1.807, 2.05) is 7.05 Å². The molecule has 0 radical (unpaired) electrons. The Balaban J connectivity index is 2.33. The van der Waals surface area contributed by atoms with Gasteiger partial charge in [0, 0.05) is 18.9 Å². The minimum Gasteiger partial charge on any atom is -0.312 e. The van der Waals surface area contributed by atoms with Crippen LogP contribution in [0.5, 0.6) is 0 Å². The molecule has 1 heterocycles. The molecule has 0 bridgehead atoms. The minimum absolute atomic E-state index is 0.0989. The van der Waals surface area contributed by atoms with E-state index in [1.54, 1.807) is 16.8 Å². The van der Waals surface area contributed by atoms with Crippen LogP contribution in [0.25, 0.3) is 0 Å². The van der Waals surface area contributed by atoms with E-state index in [1.165, 1.54) is 22.9 Å². The molecule has 4 nitrogen and oxygen atoms in total. The third kappa shape index (κ3) is 3.09.